The van der Waals surface area contributed by atoms with Gasteiger partial charge in [-0.2, -0.15) is 0 Å². The van der Waals surface area contributed by atoms with Gasteiger partial charge in [0.15, 0.2) is 17.6 Å². The number of amides is 1. The van der Waals surface area contributed by atoms with Crippen molar-refractivity contribution in [1.82, 2.24) is 0 Å². The monoisotopic (exact) mass is 397 g/mol. The summed E-state index contributed by atoms with van der Waals surface area (Å²) in [7, 11) is 3.14. The summed E-state index contributed by atoms with van der Waals surface area (Å²) in [5.41, 5.74) is 4.29. The Morgan fingerprint density at radius 2 is 1.76 bits per heavy atom. The predicted molar refractivity (Wildman–Crippen MR) is 111 cm³/mol. The van der Waals surface area contributed by atoms with E-state index < -0.39 is 12.1 Å². The minimum absolute atomic E-state index is 0.173. The van der Waals surface area contributed by atoms with Crippen LogP contribution in [0.25, 0.3) is 0 Å². The molecule has 2 aromatic carbocycles. The summed E-state index contributed by atoms with van der Waals surface area (Å²) in [5, 5.41) is 2.83. The van der Waals surface area contributed by atoms with Gasteiger partial charge in [-0.05, 0) is 73.6 Å². The minimum Gasteiger partial charge on any atom is -0.493 e. The first kappa shape index (κ1) is 20.7. The second-order valence-corrected chi connectivity index (χ2v) is 7.15. The number of esters is 1. The highest BCUT2D eigenvalue weighted by Gasteiger charge is 2.19. The zero-order valence-corrected chi connectivity index (χ0v) is 17.1. The molecule has 2 aromatic rings. The molecule has 0 aliphatic heterocycles. The van der Waals surface area contributed by atoms with Gasteiger partial charge < -0.3 is 19.5 Å². The molecule has 0 bridgehead atoms. The SMILES string of the molecule is COc1ccc(CCC(=O)O[C@H](C)C(=O)Nc2ccc3c(c2)CCC3)cc1OC. The number of rotatable bonds is 8. The van der Waals surface area contributed by atoms with Crippen molar-refractivity contribution in [1.29, 1.82) is 0 Å². The zero-order chi connectivity index (χ0) is 20.8. The van der Waals surface area contributed by atoms with Gasteiger partial charge in [-0.25, -0.2) is 0 Å². The van der Waals surface area contributed by atoms with Crippen molar-refractivity contribution in [2.75, 3.05) is 19.5 Å². The van der Waals surface area contributed by atoms with E-state index in [1.54, 1.807) is 27.2 Å². The van der Waals surface area contributed by atoms with Crippen molar-refractivity contribution in [2.45, 2.75) is 45.1 Å². The van der Waals surface area contributed by atoms with Gasteiger partial charge in [0.25, 0.3) is 5.91 Å². The number of benzene rings is 2. The number of carbonyl (C=O) groups excluding carboxylic acids is 2. The summed E-state index contributed by atoms with van der Waals surface area (Å²) in [4.78, 5) is 24.5. The van der Waals surface area contributed by atoms with Crippen LogP contribution in [0.15, 0.2) is 36.4 Å². The molecule has 154 valence electrons. The van der Waals surface area contributed by atoms with Gasteiger partial charge in [-0.1, -0.05) is 12.1 Å². The lowest BCUT2D eigenvalue weighted by Crippen LogP contribution is -2.30. The lowest BCUT2D eigenvalue weighted by molar-refractivity contribution is -0.153. The standard InChI is InChI=1S/C23H27NO5/c1-15(23(26)24-19-10-9-17-5-4-6-18(17)14-19)29-22(25)12-8-16-7-11-20(27-2)21(13-16)28-3/h7,9-11,13-15H,4-6,8,12H2,1-3H3,(H,24,26)/t15-/m1/s1. The number of ether oxygens (including phenoxy) is 3. The Hall–Kier alpha value is -3.02. The number of carbonyl (C=O) groups is 2. The zero-order valence-electron chi connectivity index (χ0n) is 17.1. The quantitative estimate of drug-likeness (QED) is 0.688. The Bertz CT molecular complexity index is 893. The van der Waals surface area contributed by atoms with Crippen LogP contribution in [-0.4, -0.2) is 32.2 Å². The molecule has 0 aromatic heterocycles. The summed E-state index contributed by atoms with van der Waals surface area (Å²) in [6.45, 7) is 1.58. The topological polar surface area (TPSA) is 73.9 Å². The van der Waals surface area contributed by atoms with Crippen molar-refractivity contribution in [3.63, 3.8) is 0 Å². The van der Waals surface area contributed by atoms with Crippen LogP contribution in [0.3, 0.4) is 0 Å². The molecule has 0 saturated heterocycles. The van der Waals surface area contributed by atoms with Crippen LogP contribution in [-0.2, 0) is 33.6 Å². The van der Waals surface area contributed by atoms with Crippen molar-refractivity contribution < 1.29 is 23.8 Å². The summed E-state index contributed by atoms with van der Waals surface area (Å²) in [6, 6.07) is 11.5. The highest BCUT2D eigenvalue weighted by atomic mass is 16.5. The molecule has 6 nitrogen and oxygen atoms in total. The first-order valence-electron chi connectivity index (χ1n) is 9.83. The lowest BCUT2D eigenvalue weighted by Gasteiger charge is -2.14. The molecule has 1 aliphatic carbocycles. The first-order chi connectivity index (χ1) is 14.0. The molecule has 1 atom stereocenters. The molecular weight excluding hydrogens is 370 g/mol. The van der Waals surface area contributed by atoms with Crippen LogP contribution < -0.4 is 14.8 Å². The Balaban J connectivity index is 1.49. The van der Waals surface area contributed by atoms with Crippen molar-refractivity contribution in [2.24, 2.45) is 0 Å². The van der Waals surface area contributed by atoms with E-state index in [0.29, 0.717) is 17.9 Å². The molecule has 0 spiro atoms. The Morgan fingerprint density at radius 1 is 1.00 bits per heavy atom. The van der Waals surface area contributed by atoms with Gasteiger partial charge in [-0.3, -0.25) is 9.59 Å². The number of hydrogen-bond donors (Lipinski definition) is 1. The molecule has 0 heterocycles. The number of fused-ring (bicyclic) bond motifs is 1. The van der Waals surface area contributed by atoms with Gasteiger partial charge >= 0.3 is 5.97 Å². The van der Waals surface area contributed by atoms with Crippen LogP contribution >= 0.6 is 0 Å². The normalized spacial score (nSPS) is 13.3. The minimum atomic E-state index is -0.860. The summed E-state index contributed by atoms with van der Waals surface area (Å²) in [6.07, 6.45) is 3.09. The average molecular weight is 397 g/mol. The molecule has 3 rings (SSSR count). The maximum absolute atomic E-state index is 12.4. The largest absolute Gasteiger partial charge is 0.493 e. The fourth-order valence-corrected chi connectivity index (χ4v) is 3.49. The van der Waals surface area contributed by atoms with E-state index in [9.17, 15) is 9.59 Å². The summed E-state index contributed by atoms with van der Waals surface area (Å²) < 4.78 is 15.8. The average Bonchev–Trinajstić information content (AvgIpc) is 3.19. The maximum atomic E-state index is 12.4. The fraction of sp³-hybridized carbons (Fsp3) is 0.391. The number of methoxy groups -OCH3 is 2. The Kier molecular flexibility index (Phi) is 6.75. The first-order valence-corrected chi connectivity index (χ1v) is 9.83. The van der Waals surface area contributed by atoms with Gasteiger partial charge in [0, 0.05) is 12.1 Å². The summed E-state index contributed by atoms with van der Waals surface area (Å²) in [5.74, 6) is 0.495. The second kappa shape index (κ2) is 9.45. The number of hydrogen-bond acceptors (Lipinski definition) is 5. The maximum Gasteiger partial charge on any atom is 0.306 e. The van der Waals surface area contributed by atoms with Crippen LogP contribution in [0.5, 0.6) is 11.5 Å². The second-order valence-electron chi connectivity index (χ2n) is 7.15. The molecule has 0 unspecified atom stereocenters. The van der Waals surface area contributed by atoms with E-state index in [-0.39, 0.29) is 12.3 Å². The van der Waals surface area contributed by atoms with Crippen LogP contribution in [0, 0.1) is 0 Å². The summed E-state index contributed by atoms with van der Waals surface area (Å²) >= 11 is 0. The molecule has 0 fully saturated rings. The van der Waals surface area contributed by atoms with Crippen LogP contribution in [0.2, 0.25) is 0 Å². The van der Waals surface area contributed by atoms with E-state index >= 15 is 0 Å². The molecule has 0 radical (unpaired) electrons. The van der Waals surface area contributed by atoms with Crippen LogP contribution in [0.1, 0.15) is 36.5 Å². The fourth-order valence-electron chi connectivity index (χ4n) is 3.49. The predicted octanol–water partition coefficient (Wildman–Crippen LogP) is 3.70. The molecule has 0 saturated carbocycles. The highest BCUT2D eigenvalue weighted by molar-refractivity contribution is 5.95. The van der Waals surface area contributed by atoms with Crippen LogP contribution in [0.4, 0.5) is 5.69 Å². The van der Waals surface area contributed by atoms with E-state index in [2.05, 4.69) is 11.4 Å². The molecule has 1 amide bonds. The third-order valence-corrected chi connectivity index (χ3v) is 5.11. The van der Waals surface area contributed by atoms with Gasteiger partial charge in [-0.15, -0.1) is 0 Å². The van der Waals surface area contributed by atoms with E-state index in [0.717, 1.165) is 30.5 Å². The lowest BCUT2D eigenvalue weighted by atomic mass is 10.1. The van der Waals surface area contributed by atoms with Crippen molar-refractivity contribution >= 4 is 17.6 Å². The van der Waals surface area contributed by atoms with Gasteiger partial charge in [0.2, 0.25) is 0 Å². The number of aryl methyl sites for hydroxylation is 3. The van der Waals surface area contributed by atoms with E-state index in [4.69, 9.17) is 14.2 Å². The number of anilines is 1. The molecule has 1 N–H and O–H groups in total. The molecule has 6 heteroatoms. The van der Waals surface area contributed by atoms with Crippen molar-refractivity contribution in [3.8, 4) is 11.5 Å². The smallest absolute Gasteiger partial charge is 0.306 e. The van der Waals surface area contributed by atoms with Gasteiger partial charge in [0.05, 0.1) is 14.2 Å². The third kappa shape index (κ3) is 5.28. The number of nitrogens with one attached hydrogen (secondary N) is 1. The molecule has 29 heavy (non-hydrogen) atoms. The Labute approximate surface area is 171 Å². The molecule has 1 aliphatic rings. The van der Waals surface area contributed by atoms with Crippen molar-refractivity contribution in [3.05, 3.63) is 53.1 Å². The molecular formula is C23H27NO5. The highest BCUT2D eigenvalue weighted by Crippen LogP contribution is 2.28. The van der Waals surface area contributed by atoms with E-state index in [1.807, 2.05) is 24.3 Å². The third-order valence-electron chi connectivity index (χ3n) is 5.11. The Morgan fingerprint density at radius 3 is 2.52 bits per heavy atom. The van der Waals surface area contributed by atoms with E-state index in [1.165, 1.54) is 11.1 Å². The van der Waals surface area contributed by atoms with Gasteiger partial charge in [0.1, 0.15) is 0 Å².